The van der Waals surface area contributed by atoms with E-state index < -0.39 is 0 Å². The molecule has 0 bridgehead atoms. The highest BCUT2D eigenvalue weighted by Crippen LogP contribution is 1.93. The van der Waals surface area contributed by atoms with Crippen LogP contribution in [0.1, 0.15) is 32.6 Å². The Morgan fingerprint density at radius 1 is 1.07 bits per heavy atom. The fraction of sp³-hybridized carbons (Fsp3) is 0.818. The van der Waals surface area contributed by atoms with Crippen LogP contribution in [0.4, 0.5) is 0 Å². The molecule has 0 amide bonds. The first-order valence-corrected chi connectivity index (χ1v) is 6.40. The van der Waals surface area contributed by atoms with Crippen LogP contribution in [0.25, 0.3) is 0 Å². The Bertz CT molecular complexity index is 126. The normalized spacial score (nSPS) is 11.3. The molecule has 0 unspecified atom stereocenters. The van der Waals surface area contributed by atoms with Gasteiger partial charge in [0.1, 0.15) is 6.79 Å². The Kier molecular flexibility index (Phi) is 13.3. The van der Waals surface area contributed by atoms with E-state index in [4.69, 9.17) is 9.47 Å². The number of hydrogen-bond donors (Lipinski definition) is 0. The Hall–Kier alpha value is 0.140. The van der Waals surface area contributed by atoms with E-state index >= 15 is 0 Å². The third kappa shape index (κ3) is 12.1. The molecule has 0 saturated heterocycles. The number of rotatable bonds is 10. The summed E-state index contributed by atoms with van der Waals surface area (Å²) in [5.41, 5.74) is 0. The maximum Gasteiger partial charge on any atom is 0.146 e. The summed E-state index contributed by atoms with van der Waals surface area (Å²) >= 11 is 3.36. The number of ether oxygens (including phenoxy) is 2. The predicted octanol–water partition coefficient (Wildman–Crippen LogP) is 3.51. The van der Waals surface area contributed by atoms with Crippen molar-refractivity contribution in [1.29, 1.82) is 0 Å². The van der Waals surface area contributed by atoms with E-state index in [1.165, 1.54) is 6.42 Å². The van der Waals surface area contributed by atoms with Crippen LogP contribution < -0.4 is 0 Å². The van der Waals surface area contributed by atoms with Crippen molar-refractivity contribution < 1.29 is 9.47 Å². The molecule has 84 valence electrons. The van der Waals surface area contributed by atoms with Gasteiger partial charge in [-0.3, -0.25) is 0 Å². The highest BCUT2D eigenvalue weighted by atomic mass is 79.9. The summed E-state index contributed by atoms with van der Waals surface area (Å²) in [7, 11) is 0. The van der Waals surface area contributed by atoms with Gasteiger partial charge >= 0.3 is 0 Å². The fourth-order valence-electron chi connectivity index (χ4n) is 0.873. The molecule has 2 nitrogen and oxygen atoms in total. The van der Waals surface area contributed by atoms with Crippen LogP contribution in [0.3, 0.4) is 0 Å². The molecular weight excluding hydrogens is 244 g/mol. The zero-order chi connectivity index (χ0) is 10.5. The zero-order valence-corrected chi connectivity index (χ0v) is 10.6. The van der Waals surface area contributed by atoms with Gasteiger partial charge in [-0.1, -0.05) is 41.4 Å². The molecule has 3 heteroatoms. The zero-order valence-electron chi connectivity index (χ0n) is 9.01. The SMILES string of the molecule is CCCCOCOCC/C=C/CCBr. The smallest absolute Gasteiger partial charge is 0.146 e. The predicted molar refractivity (Wildman–Crippen MR) is 63.8 cm³/mol. The summed E-state index contributed by atoms with van der Waals surface area (Å²) in [6, 6.07) is 0. The molecule has 0 aromatic carbocycles. The van der Waals surface area contributed by atoms with Crippen molar-refractivity contribution in [2.75, 3.05) is 25.3 Å². The summed E-state index contributed by atoms with van der Waals surface area (Å²) < 4.78 is 10.5. The molecule has 0 aliphatic rings. The summed E-state index contributed by atoms with van der Waals surface area (Å²) in [5.74, 6) is 0. The molecule has 0 aromatic rings. The van der Waals surface area contributed by atoms with E-state index in [-0.39, 0.29) is 0 Å². The number of alkyl halides is 1. The number of halogens is 1. The molecule has 0 aliphatic carbocycles. The highest BCUT2D eigenvalue weighted by Gasteiger charge is 1.87. The van der Waals surface area contributed by atoms with Gasteiger partial charge in [0.15, 0.2) is 0 Å². The van der Waals surface area contributed by atoms with Crippen molar-refractivity contribution in [2.45, 2.75) is 32.6 Å². The van der Waals surface area contributed by atoms with Gasteiger partial charge in [-0.05, 0) is 19.3 Å². The van der Waals surface area contributed by atoms with Crippen LogP contribution in [-0.4, -0.2) is 25.3 Å². The van der Waals surface area contributed by atoms with E-state index in [9.17, 15) is 0 Å². The lowest BCUT2D eigenvalue weighted by Crippen LogP contribution is -2.02. The molecule has 0 radical (unpaired) electrons. The maximum atomic E-state index is 5.28. The van der Waals surface area contributed by atoms with Crippen molar-refractivity contribution in [3.8, 4) is 0 Å². The second kappa shape index (κ2) is 13.1. The topological polar surface area (TPSA) is 18.5 Å². The second-order valence-corrected chi connectivity index (χ2v) is 3.82. The van der Waals surface area contributed by atoms with Crippen LogP contribution in [0, 0.1) is 0 Å². The largest absolute Gasteiger partial charge is 0.355 e. The van der Waals surface area contributed by atoms with Gasteiger partial charge < -0.3 is 9.47 Å². The first kappa shape index (κ1) is 14.1. The average Bonchev–Trinajstić information content (AvgIpc) is 2.21. The van der Waals surface area contributed by atoms with Gasteiger partial charge in [0.25, 0.3) is 0 Å². The lowest BCUT2D eigenvalue weighted by Gasteiger charge is -2.03. The molecule has 0 aromatic heterocycles. The van der Waals surface area contributed by atoms with E-state index in [1.807, 2.05) is 0 Å². The summed E-state index contributed by atoms with van der Waals surface area (Å²) in [5, 5.41) is 1.03. The maximum absolute atomic E-state index is 5.28. The molecule has 0 aliphatic heterocycles. The molecule has 0 atom stereocenters. The third-order valence-corrected chi connectivity index (χ3v) is 2.14. The average molecular weight is 265 g/mol. The minimum absolute atomic E-state index is 0.437. The monoisotopic (exact) mass is 264 g/mol. The lowest BCUT2D eigenvalue weighted by atomic mass is 10.3. The minimum Gasteiger partial charge on any atom is -0.355 e. The van der Waals surface area contributed by atoms with Gasteiger partial charge in [0.05, 0.1) is 6.61 Å². The van der Waals surface area contributed by atoms with Crippen molar-refractivity contribution >= 4 is 15.9 Å². The number of unbranched alkanes of at least 4 members (excludes halogenated alkanes) is 1. The van der Waals surface area contributed by atoms with Crippen molar-refractivity contribution in [1.82, 2.24) is 0 Å². The first-order chi connectivity index (χ1) is 6.91. The Morgan fingerprint density at radius 3 is 2.50 bits per heavy atom. The van der Waals surface area contributed by atoms with E-state index in [0.29, 0.717) is 6.79 Å². The molecule has 0 N–H and O–H groups in total. The minimum atomic E-state index is 0.437. The van der Waals surface area contributed by atoms with Crippen molar-refractivity contribution in [2.24, 2.45) is 0 Å². The summed E-state index contributed by atoms with van der Waals surface area (Å²) in [4.78, 5) is 0. The standard InChI is InChI=1S/C11H21BrO2/c1-2-3-9-13-11-14-10-7-5-4-6-8-12/h4-5H,2-3,6-11H2,1H3/b5-4+. The summed E-state index contributed by atoms with van der Waals surface area (Å²) in [6.45, 7) is 4.16. The Balaban J connectivity index is 2.91. The van der Waals surface area contributed by atoms with Crippen LogP contribution in [0.5, 0.6) is 0 Å². The van der Waals surface area contributed by atoms with E-state index in [2.05, 4.69) is 35.0 Å². The van der Waals surface area contributed by atoms with Gasteiger partial charge in [-0.25, -0.2) is 0 Å². The van der Waals surface area contributed by atoms with Gasteiger partial charge in [0.2, 0.25) is 0 Å². The van der Waals surface area contributed by atoms with Crippen LogP contribution in [-0.2, 0) is 9.47 Å². The number of hydrogen-bond acceptors (Lipinski definition) is 2. The summed E-state index contributed by atoms with van der Waals surface area (Å²) in [6.07, 6.45) is 8.67. The van der Waals surface area contributed by atoms with Crippen LogP contribution in [0.2, 0.25) is 0 Å². The first-order valence-electron chi connectivity index (χ1n) is 5.28. The molecular formula is C11H21BrO2. The highest BCUT2D eigenvalue weighted by molar-refractivity contribution is 9.09. The van der Waals surface area contributed by atoms with Crippen molar-refractivity contribution in [3.63, 3.8) is 0 Å². The van der Waals surface area contributed by atoms with E-state index in [0.717, 1.165) is 37.8 Å². The Morgan fingerprint density at radius 2 is 1.79 bits per heavy atom. The molecule has 0 fully saturated rings. The number of allylic oxidation sites excluding steroid dienone is 1. The molecule has 14 heavy (non-hydrogen) atoms. The molecule has 0 saturated carbocycles. The molecule has 0 spiro atoms. The Labute approximate surface area is 95.8 Å². The van der Waals surface area contributed by atoms with Gasteiger partial charge in [0, 0.05) is 11.9 Å². The fourth-order valence-corrected chi connectivity index (χ4v) is 1.14. The molecule has 0 heterocycles. The quantitative estimate of drug-likeness (QED) is 0.260. The van der Waals surface area contributed by atoms with Crippen LogP contribution in [0.15, 0.2) is 12.2 Å². The third-order valence-electron chi connectivity index (χ3n) is 1.68. The van der Waals surface area contributed by atoms with Crippen LogP contribution >= 0.6 is 15.9 Å². The van der Waals surface area contributed by atoms with Gasteiger partial charge in [-0.2, -0.15) is 0 Å². The van der Waals surface area contributed by atoms with Crippen molar-refractivity contribution in [3.05, 3.63) is 12.2 Å². The second-order valence-electron chi connectivity index (χ2n) is 3.03. The van der Waals surface area contributed by atoms with E-state index in [1.54, 1.807) is 0 Å². The molecule has 0 rings (SSSR count). The van der Waals surface area contributed by atoms with Gasteiger partial charge in [-0.15, -0.1) is 0 Å². The lowest BCUT2D eigenvalue weighted by molar-refractivity contribution is -0.0528.